The molecule has 7 heteroatoms. The van der Waals surface area contributed by atoms with Crippen LogP contribution in [-0.2, 0) is 11.3 Å². The summed E-state index contributed by atoms with van der Waals surface area (Å²) in [6, 6.07) is 7.35. The van der Waals surface area contributed by atoms with E-state index in [1.807, 2.05) is 0 Å². The van der Waals surface area contributed by atoms with Gasteiger partial charge in [0.15, 0.2) is 6.61 Å². The number of nitrogens with zero attached hydrogens (tertiary/aromatic N) is 2. The number of thiazole rings is 1. The second-order valence-corrected chi connectivity index (χ2v) is 5.08. The van der Waals surface area contributed by atoms with Gasteiger partial charge < -0.3 is 9.47 Å². The summed E-state index contributed by atoms with van der Waals surface area (Å²) >= 11 is 1.15. The number of carbonyl (C=O) groups excluding carboxylic acids is 1. The predicted octanol–water partition coefficient (Wildman–Crippen LogP) is 2.85. The maximum atomic E-state index is 12.8. The van der Waals surface area contributed by atoms with Crippen LogP contribution in [0.1, 0.15) is 20.4 Å². The zero-order chi connectivity index (χ0) is 15.2. The Morgan fingerprint density at radius 2 is 2.14 bits per heavy atom. The molecule has 21 heavy (non-hydrogen) atoms. The molecule has 0 N–H and O–H groups in total. The van der Waals surface area contributed by atoms with Crippen molar-refractivity contribution in [2.24, 2.45) is 0 Å². The molecule has 1 heterocycles. The second-order valence-electron chi connectivity index (χ2n) is 4.00. The summed E-state index contributed by atoms with van der Waals surface area (Å²) in [6.45, 7) is 1.56. The molecule has 2 aromatic rings. The zero-order valence-electron chi connectivity index (χ0n) is 11.1. The van der Waals surface area contributed by atoms with Crippen molar-refractivity contribution >= 4 is 17.3 Å². The lowest BCUT2D eigenvalue weighted by Crippen LogP contribution is -2.04. The highest BCUT2D eigenvalue weighted by atomic mass is 32.1. The van der Waals surface area contributed by atoms with E-state index < -0.39 is 5.97 Å². The third kappa shape index (κ3) is 4.00. The molecule has 0 saturated carbocycles. The first-order valence-electron chi connectivity index (χ1n) is 5.99. The summed E-state index contributed by atoms with van der Waals surface area (Å²) in [5.74, 6) is -0.396. The molecule has 0 aliphatic carbocycles. The highest BCUT2D eigenvalue weighted by Crippen LogP contribution is 2.21. The molecule has 0 atom stereocenters. The molecule has 0 radical (unpaired) electrons. The number of benzene rings is 1. The van der Waals surface area contributed by atoms with Gasteiger partial charge in [-0.2, -0.15) is 5.26 Å². The van der Waals surface area contributed by atoms with Crippen LogP contribution < -0.4 is 4.74 Å². The summed E-state index contributed by atoms with van der Waals surface area (Å²) in [5, 5.41) is 8.98. The van der Waals surface area contributed by atoms with Crippen LogP contribution in [-0.4, -0.2) is 17.6 Å². The largest absolute Gasteiger partial charge is 0.486 e. The van der Waals surface area contributed by atoms with Gasteiger partial charge in [-0.3, -0.25) is 0 Å². The van der Waals surface area contributed by atoms with Gasteiger partial charge in [0, 0.05) is 0 Å². The van der Waals surface area contributed by atoms with E-state index in [2.05, 4.69) is 4.98 Å². The first kappa shape index (κ1) is 14.9. The molecule has 1 aromatic heterocycles. The SMILES string of the molecule is Cc1nc(COc2ccc(F)cc2)sc1C(=O)OCC#N. The van der Waals surface area contributed by atoms with Crippen molar-refractivity contribution in [2.75, 3.05) is 6.61 Å². The van der Waals surface area contributed by atoms with Crippen molar-refractivity contribution in [3.8, 4) is 11.8 Å². The van der Waals surface area contributed by atoms with Gasteiger partial charge in [-0.15, -0.1) is 11.3 Å². The molecule has 2 rings (SSSR count). The number of carbonyl (C=O) groups is 1. The maximum Gasteiger partial charge on any atom is 0.351 e. The number of aromatic nitrogens is 1. The second kappa shape index (κ2) is 6.81. The van der Waals surface area contributed by atoms with Crippen LogP contribution in [0.25, 0.3) is 0 Å². The molecule has 0 amide bonds. The fourth-order valence-electron chi connectivity index (χ4n) is 1.54. The smallest absolute Gasteiger partial charge is 0.351 e. The van der Waals surface area contributed by atoms with Gasteiger partial charge in [-0.1, -0.05) is 0 Å². The van der Waals surface area contributed by atoms with Crippen LogP contribution in [0, 0.1) is 24.1 Å². The first-order chi connectivity index (χ1) is 10.1. The van der Waals surface area contributed by atoms with Gasteiger partial charge in [0.05, 0.1) is 5.69 Å². The molecule has 0 fully saturated rings. The number of hydrogen-bond donors (Lipinski definition) is 0. The van der Waals surface area contributed by atoms with Gasteiger partial charge >= 0.3 is 5.97 Å². The summed E-state index contributed by atoms with van der Waals surface area (Å²) < 4.78 is 22.9. The number of halogens is 1. The molecule has 0 spiro atoms. The normalized spacial score (nSPS) is 9.95. The third-order valence-corrected chi connectivity index (χ3v) is 3.58. The predicted molar refractivity (Wildman–Crippen MR) is 73.5 cm³/mol. The Morgan fingerprint density at radius 1 is 1.43 bits per heavy atom. The fraction of sp³-hybridized carbons (Fsp3) is 0.214. The molecule has 1 aromatic carbocycles. The van der Waals surface area contributed by atoms with Gasteiger partial charge in [-0.25, -0.2) is 14.2 Å². The standard InChI is InChI=1S/C14H11FN2O3S/c1-9-13(14(18)19-7-6-16)21-12(17-9)8-20-11-4-2-10(15)3-5-11/h2-5H,7-8H2,1H3. The van der Waals surface area contributed by atoms with Crippen molar-refractivity contribution in [1.29, 1.82) is 5.26 Å². The van der Waals surface area contributed by atoms with Crippen molar-refractivity contribution in [2.45, 2.75) is 13.5 Å². The Morgan fingerprint density at radius 3 is 2.81 bits per heavy atom. The highest BCUT2D eigenvalue weighted by Gasteiger charge is 2.16. The van der Waals surface area contributed by atoms with Crippen LogP contribution in [0.3, 0.4) is 0 Å². The number of hydrogen-bond acceptors (Lipinski definition) is 6. The van der Waals surface area contributed by atoms with E-state index in [9.17, 15) is 9.18 Å². The Bertz CT molecular complexity index is 677. The quantitative estimate of drug-likeness (QED) is 0.794. The fourth-order valence-corrected chi connectivity index (χ4v) is 2.41. The van der Waals surface area contributed by atoms with E-state index in [4.69, 9.17) is 14.7 Å². The summed E-state index contributed by atoms with van der Waals surface area (Å²) in [7, 11) is 0. The van der Waals surface area contributed by atoms with Crippen molar-refractivity contribution in [3.05, 3.63) is 45.7 Å². The Balaban J connectivity index is 2.00. The number of rotatable bonds is 5. The van der Waals surface area contributed by atoms with Crippen LogP contribution in [0.15, 0.2) is 24.3 Å². The van der Waals surface area contributed by atoms with Gasteiger partial charge in [-0.05, 0) is 31.2 Å². The van der Waals surface area contributed by atoms with E-state index in [0.29, 0.717) is 21.3 Å². The first-order valence-corrected chi connectivity index (χ1v) is 6.80. The molecule has 0 bridgehead atoms. The average Bonchev–Trinajstić information content (AvgIpc) is 2.85. The van der Waals surface area contributed by atoms with Crippen LogP contribution in [0.4, 0.5) is 4.39 Å². The molecule has 0 saturated heterocycles. The topological polar surface area (TPSA) is 72.2 Å². The van der Waals surface area contributed by atoms with E-state index >= 15 is 0 Å². The Hall–Kier alpha value is -2.46. The summed E-state index contributed by atoms with van der Waals surface area (Å²) in [6.07, 6.45) is 0. The molecular formula is C14H11FN2O3S. The van der Waals surface area contributed by atoms with Gasteiger partial charge in [0.1, 0.15) is 34.1 Å². The molecule has 108 valence electrons. The lowest BCUT2D eigenvalue weighted by atomic mass is 10.3. The highest BCUT2D eigenvalue weighted by molar-refractivity contribution is 7.13. The lowest BCUT2D eigenvalue weighted by molar-refractivity contribution is 0.0559. The van der Waals surface area contributed by atoms with Gasteiger partial charge in [0.2, 0.25) is 0 Å². The minimum absolute atomic E-state index is 0.169. The minimum atomic E-state index is -0.570. The average molecular weight is 306 g/mol. The van der Waals surface area contributed by atoms with Crippen molar-refractivity contribution < 1.29 is 18.7 Å². The third-order valence-electron chi connectivity index (χ3n) is 2.47. The van der Waals surface area contributed by atoms with Gasteiger partial charge in [0.25, 0.3) is 0 Å². The number of ether oxygens (including phenoxy) is 2. The minimum Gasteiger partial charge on any atom is -0.486 e. The van der Waals surface area contributed by atoms with E-state index in [0.717, 1.165) is 11.3 Å². The lowest BCUT2D eigenvalue weighted by Gasteiger charge is -2.02. The number of nitriles is 1. The molecule has 0 aliphatic rings. The van der Waals surface area contributed by atoms with Crippen LogP contribution >= 0.6 is 11.3 Å². The maximum absolute atomic E-state index is 12.8. The summed E-state index contributed by atoms with van der Waals surface area (Å²) in [4.78, 5) is 16.2. The number of esters is 1. The van der Waals surface area contributed by atoms with Crippen LogP contribution in [0.2, 0.25) is 0 Å². The molecule has 5 nitrogen and oxygen atoms in total. The van der Waals surface area contributed by atoms with E-state index in [-0.39, 0.29) is 19.0 Å². The molecule has 0 unspecified atom stereocenters. The zero-order valence-corrected chi connectivity index (χ0v) is 11.9. The van der Waals surface area contributed by atoms with E-state index in [1.165, 1.54) is 24.3 Å². The Kier molecular flexibility index (Phi) is 4.85. The summed E-state index contributed by atoms with van der Waals surface area (Å²) in [5.41, 5.74) is 0.528. The monoisotopic (exact) mass is 306 g/mol. The Labute approximate surface area is 124 Å². The van der Waals surface area contributed by atoms with Crippen LogP contribution in [0.5, 0.6) is 5.75 Å². The van der Waals surface area contributed by atoms with Crippen molar-refractivity contribution in [1.82, 2.24) is 4.98 Å². The van der Waals surface area contributed by atoms with Crippen molar-refractivity contribution in [3.63, 3.8) is 0 Å². The molecular weight excluding hydrogens is 295 g/mol. The molecule has 0 aliphatic heterocycles. The number of aryl methyl sites for hydroxylation is 1. The van der Waals surface area contributed by atoms with E-state index in [1.54, 1.807) is 13.0 Å².